The summed E-state index contributed by atoms with van der Waals surface area (Å²) in [4.78, 5) is 0. The summed E-state index contributed by atoms with van der Waals surface area (Å²) in [5, 5.41) is 0. The van der Waals surface area contributed by atoms with E-state index in [1.54, 1.807) is 0 Å². The predicted octanol–water partition coefficient (Wildman–Crippen LogP) is 7.23. The summed E-state index contributed by atoms with van der Waals surface area (Å²) in [5.41, 5.74) is 0.576. The molecule has 0 nitrogen and oxygen atoms in total. The average molecular weight is 269 g/mol. The molecule has 0 amide bonds. The van der Waals surface area contributed by atoms with Crippen molar-refractivity contribution in [1.29, 1.82) is 0 Å². The van der Waals surface area contributed by atoms with Gasteiger partial charge in [0.15, 0.2) is 0 Å². The van der Waals surface area contributed by atoms with Gasteiger partial charge < -0.3 is 0 Å². The van der Waals surface area contributed by atoms with Gasteiger partial charge >= 0.3 is 0 Å². The lowest BCUT2D eigenvalue weighted by Gasteiger charge is -2.25. The fourth-order valence-electron chi connectivity index (χ4n) is 2.80. The van der Waals surface area contributed by atoms with Crippen LogP contribution in [0.1, 0.15) is 106 Å². The second kappa shape index (κ2) is 10.7. The van der Waals surface area contributed by atoms with Crippen LogP contribution in [0.3, 0.4) is 0 Å². The zero-order chi connectivity index (χ0) is 14.7. The van der Waals surface area contributed by atoms with Crippen LogP contribution in [0.15, 0.2) is 0 Å². The molecule has 0 atom stereocenters. The predicted molar refractivity (Wildman–Crippen MR) is 89.6 cm³/mol. The second-order valence-corrected chi connectivity index (χ2v) is 8.15. The number of rotatable bonds is 12. The molecule has 0 unspecified atom stereocenters. The molecule has 0 aromatic carbocycles. The van der Waals surface area contributed by atoms with Gasteiger partial charge in [0, 0.05) is 0 Å². The Hall–Kier alpha value is 0. The van der Waals surface area contributed by atoms with Crippen molar-refractivity contribution in [3.05, 3.63) is 0 Å². The quantitative estimate of drug-likeness (QED) is 0.328. The van der Waals surface area contributed by atoms with Crippen molar-refractivity contribution in [1.82, 2.24) is 0 Å². The van der Waals surface area contributed by atoms with E-state index in [4.69, 9.17) is 0 Å². The molecule has 0 aromatic rings. The highest BCUT2D eigenvalue weighted by Gasteiger charge is 2.16. The summed E-state index contributed by atoms with van der Waals surface area (Å²) in [7, 11) is 0. The molecule has 116 valence electrons. The summed E-state index contributed by atoms with van der Waals surface area (Å²) >= 11 is 0. The first kappa shape index (κ1) is 19.0. The van der Waals surface area contributed by atoms with Crippen LogP contribution in [0, 0.1) is 17.3 Å². The van der Waals surface area contributed by atoms with Gasteiger partial charge in [0.2, 0.25) is 0 Å². The number of hydrogen-bond donors (Lipinski definition) is 0. The minimum absolute atomic E-state index is 0.576. The Morgan fingerprint density at radius 3 is 1.58 bits per heavy atom. The lowest BCUT2D eigenvalue weighted by Crippen LogP contribution is -2.11. The van der Waals surface area contributed by atoms with E-state index in [1.165, 1.54) is 64.2 Å². The SMILES string of the molecule is CC(C)CCCCCCCC(C)(C)CCCC(C)C. The molecule has 0 bridgehead atoms. The van der Waals surface area contributed by atoms with Gasteiger partial charge in [0.25, 0.3) is 0 Å². The van der Waals surface area contributed by atoms with E-state index in [0.29, 0.717) is 5.41 Å². The summed E-state index contributed by atoms with van der Waals surface area (Å²) in [6, 6.07) is 0. The van der Waals surface area contributed by atoms with E-state index in [-0.39, 0.29) is 0 Å². The van der Waals surface area contributed by atoms with Crippen molar-refractivity contribution in [3.63, 3.8) is 0 Å². The molecule has 0 N–H and O–H groups in total. The van der Waals surface area contributed by atoms with E-state index in [2.05, 4.69) is 41.5 Å². The second-order valence-electron chi connectivity index (χ2n) is 8.15. The maximum absolute atomic E-state index is 2.46. The first-order chi connectivity index (χ1) is 8.83. The zero-order valence-electron chi connectivity index (χ0n) is 14.7. The van der Waals surface area contributed by atoms with Gasteiger partial charge in [-0.15, -0.1) is 0 Å². The molecule has 0 heteroatoms. The topological polar surface area (TPSA) is 0 Å². The summed E-state index contributed by atoms with van der Waals surface area (Å²) in [6.07, 6.45) is 14.3. The van der Waals surface area contributed by atoms with Crippen LogP contribution in [0.5, 0.6) is 0 Å². The molecule has 0 aliphatic heterocycles. The van der Waals surface area contributed by atoms with Crippen LogP contribution in [0.2, 0.25) is 0 Å². The highest BCUT2D eigenvalue weighted by molar-refractivity contribution is 4.69. The maximum Gasteiger partial charge on any atom is -0.0354 e. The van der Waals surface area contributed by atoms with Crippen LogP contribution < -0.4 is 0 Å². The number of hydrogen-bond acceptors (Lipinski definition) is 0. The van der Waals surface area contributed by atoms with E-state index in [9.17, 15) is 0 Å². The Morgan fingerprint density at radius 1 is 0.579 bits per heavy atom. The fraction of sp³-hybridized carbons (Fsp3) is 1.00. The van der Waals surface area contributed by atoms with Crippen molar-refractivity contribution in [2.24, 2.45) is 17.3 Å². The van der Waals surface area contributed by atoms with Crippen molar-refractivity contribution >= 4 is 0 Å². The minimum Gasteiger partial charge on any atom is -0.0628 e. The summed E-state index contributed by atoms with van der Waals surface area (Å²) in [5.74, 6) is 1.76. The fourth-order valence-corrected chi connectivity index (χ4v) is 2.80. The molecular formula is C19H40. The largest absolute Gasteiger partial charge is 0.0628 e. The summed E-state index contributed by atoms with van der Waals surface area (Å²) < 4.78 is 0. The Morgan fingerprint density at radius 2 is 1.00 bits per heavy atom. The number of unbranched alkanes of at least 4 members (excludes halogenated alkanes) is 4. The molecule has 0 heterocycles. The highest BCUT2D eigenvalue weighted by Crippen LogP contribution is 2.30. The highest BCUT2D eigenvalue weighted by atomic mass is 14.2. The third-order valence-electron chi connectivity index (χ3n) is 4.27. The van der Waals surface area contributed by atoms with Gasteiger partial charge in [-0.05, 0) is 30.1 Å². The molecule has 0 fully saturated rings. The summed E-state index contributed by atoms with van der Waals surface area (Å²) in [6.45, 7) is 14.3. The maximum atomic E-state index is 2.46. The van der Waals surface area contributed by atoms with Gasteiger partial charge in [-0.2, -0.15) is 0 Å². The first-order valence-electron chi connectivity index (χ1n) is 8.83. The third-order valence-corrected chi connectivity index (χ3v) is 4.27. The molecule has 19 heavy (non-hydrogen) atoms. The van der Waals surface area contributed by atoms with Crippen LogP contribution in [0.25, 0.3) is 0 Å². The molecule has 0 radical (unpaired) electrons. The van der Waals surface area contributed by atoms with Gasteiger partial charge in [-0.3, -0.25) is 0 Å². The van der Waals surface area contributed by atoms with Crippen LogP contribution >= 0.6 is 0 Å². The normalized spacial score (nSPS) is 12.6. The Kier molecular flexibility index (Phi) is 10.7. The lowest BCUT2D eigenvalue weighted by molar-refractivity contribution is 0.277. The standard InChI is InChI=1S/C19H40/c1-17(2)13-10-8-7-9-11-15-19(5,6)16-12-14-18(3)4/h17-18H,7-16H2,1-6H3. The molecule has 0 aromatic heterocycles. The average Bonchev–Trinajstić information content (AvgIpc) is 2.26. The molecule has 0 rings (SSSR count). The minimum atomic E-state index is 0.576. The van der Waals surface area contributed by atoms with E-state index in [0.717, 1.165) is 11.8 Å². The lowest BCUT2D eigenvalue weighted by atomic mass is 9.81. The zero-order valence-corrected chi connectivity index (χ0v) is 14.7. The van der Waals surface area contributed by atoms with Crippen molar-refractivity contribution in [2.75, 3.05) is 0 Å². The molecular weight excluding hydrogens is 228 g/mol. The molecule has 0 aliphatic carbocycles. The van der Waals surface area contributed by atoms with Gasteiger partial charge in [0.1, 0.15) is 0 Å². The molecule has 0 spiro atoms. The van der Waals surface area contributed by atoms with Crippen molar-refractivity contribution in [2.45, 2.75) is 106 Å². The van der Waals surface area contributed by atoms with Crippen LogP contribution in [-0.2, 0) is 0 Å². The molecule has 0 saturated carbocycles. The van der Waals surface area contributed by atoms with Gasteiger partial charge in [-0.1, -0.05) is 92.9 Å². The monoisotopic (exact) mass is 268 g/mol. The van der Waals surface area contributed by atoms with E-state index < -0.39 is 0 Å². The first-order valence-corrected chi connectivity index (χ1v) is 8.83. The molecule has 0 aliphatic rings. The smallest absolute Gasteiger partial charge is 0.0354 e. The van der Waals surface area contributed by atoms with Crippen molar-refractivity contribution in [3.8, 4) is 0 Å². The Balaban J connectivity index is 3.42. The molecule has 0 saturated heterocycles. The van der Waals surface area contributed by atoms with E-state index >= 15 is 0 Å². The third kappa shape index (κ3) is 14.2. The Bertz CT molecular complexity index is 188. The van der Waals surface area contributed by atoms with Crippen molar-refractivity contribution < 1.29 is 0 Å². The van der Waals surface area contributed by atoms with Crippen LogP contribution in [0.4, 0.5) is 0 Å². The van der Waals surface area contributed by atoms with E-state index in [1.807, 2.05) is 0 Å². The Labute approximate surface area is 123 Å². The van der Waals surface area contributed by atoms with Gasteiger partial charge in [0.05, 0.1) is 0 Å². The van der Waals surface area contributed by atoms with Crippen LogP contribution in [-0.4, -0.2) is 0 Å². The van der Waals surface area contributed by atoms with Gasteiger partial charge in [-0.25, -0.2) is 0 Å².